The van der Waals surface area contributed by atoms with Gasteiger partial charge in [0.25, 0.3) is 0 Å². The number of aryl methyl sites for hydroxylation is 1. The van der Waals surface area contributed by atoms with E-state index in [0.717, 1.165) is 12.4 Å². The van der Waals surface area contributed by atoms with Gasteiger partial charge in [-0.1, -0.05) is 0 Å². The summed E-state index contributed by atoms with van der Waals surface area (Å²) in [5.41, 5.74) is 0. The van der Waals surface area contributed by atoms with Gasteiger partial charge in [-0.05, 0) is 6.92 Å². The monoisotopic (exact) mass is 247 g/mol. The molecule has 0 aromatic carbocycles. The van der Waals surface area contributed by atoms with Gasteiger partial charge in [-0.2, -0.15) is 15.0 Å². The summed E-state index contributed by atoms with van der Waals surface area (Å²) >= 11 is 0. The molecule has 7 nitrogen and oxygen atoms in total. The predicted octanol–water partition coefficient (Wildman–Crippen LogP) is 0.863. The van der Waals surface area contributed by atoms with E-state index in [1.54, 1.807) is 13.2 Å². The fourth-order valence-corrected chi connectivity index (χ4v) is 1.55. The SMILES string of the molecule is CCn1ccnc1-c1nc(NC)nc(N(C)C)n1. The minimum atomic E-state index is 0.536. The Kier molecular flexibility index (Phi) is 3.40. The minimum absolute atomic E-state index is 0.536. The molecule has 2 rings (SSSR count). The van der Waals surface area contributed by atoms with Crippen LogP contribution in [0.4, 0.5) is 11.9 Å². The predicted molar refractivity (Wildman–Crippen MR) is 70.6 cm³/mol. The van der Waals surface area contributed by atoms with Gasteiger partial charge in [0.05, 0.1) is 0 Å². The van der Waals surface area contributed by atoms with Gasteiger partial charge >= 0.3 is 0 Å². The zero-order valence-corrected chi connectivity index (χ0v) is 11.0. The van der Waals surface area contributed by atoms with Crippen molar-refractivity contribution in [2.75, 3.05) is 31.4 Å². The highest BCUT2D eigenvalue weighted by Crippen LogP contribution is 2.17. The van der Waals surface area contributed by atoms with Crippen LogP contribution in [0, 0.1) is 0 Å². The molecule has 2 aromatic rings. The van der Waals surface area contributed by atoms with Gasteiger partial charge in [-0.25, -0.2) is 4.98 Å². The molecule has 0 atom stereocenters. The molecule has 0 amide bonds. The van der Waals surface area contributed by atoms with Crippen LogP contribution >= 0.6 is 0 Å². The number of nitrogens with zero attached hydrogens (tertiary/aromatic N) is 6. The lowest BCUT2D eigenvalue weighted by Gasteiger charge is -2.12. The molecule has 96 valence electrons. The second kappa shape index (κ2) is 4.99. The van der Waals surface area contributed by atoms with Crippen molar-refractivity contribution in [3.05, 3.63) is 12.4 Å². The third-order valence-corrected chi connectivity index (χ3v) is 2.50. The Morgan fingerprint density at radius 2 is 2.06 bits per heavy atom. The first-order valence-corrected chi connectivity index (χ1v) is 5.78. The maximum Gasteiger partial charge on any atom is 0.230 e. The molecule has 0 unspecified atom stereocenters. The quantitative estimate of drug-likeness (QED) is 0.864. The largest absolute Gasteiger partial charge is 0.357 e. The van der Waals surface area contributed by atoms with Crippen LogP contribution in [0.2, 0.25) is 0 Å². The van der Waals surface area contributed by atoms with E-state index >= 15 is 0 Å². The number of rotatable bonds is 4. The molecule has 7 heteroatoms. The van der Waals surface area contributed by atoms with Crippen LogP contribution in [-0.2, 0) is 6.54 Å². The highest BCUT2D eigenvalue weighted by Gasteiger charge is 2.13. The fourth-order valence-electron chi connectivity index (χ4n) is 1.55. The summed E-state index contributed by atoms with van der Waals surface area (Å²) in [7, 11) is 5.57. The second-order valence-corrected chi connectivity index (χ2v) is 3.96. The summed E-state index contributed by atoms with van der Waals surface area (Å²) in [6.07, 6.45) is 3.66. The second-order valence-electron chi connectivity index (χ2n) is 3.96. The first kappa shape index (κ1) is 12.3. The first-order chi connectivity index (χ1) is 8.65. The molecule has 0 saturated carbocycles. The molecular weight excluding hydrogens is 230 g/mol. The molecule has 0 spiro atoms. The van der Waals surface area contributed by atoms with Gasteiger partial charge in [-0.3, -0.25) is 0 Å². The molecule has 0 saturated heterocycles. The third kappa shape index (κ3) is 2.24. The molecule has 0 aliphatic rings. The Hall–Kier alpha value is -2.18. The van der Waals surface area contributed by atoms with E-state index < -0.39 is 0 Å². The van der Waals surface area contributed by atoms with Crippen molar-refractivity contribution in [3.63, 3.8) is 0 Å². The summed E-state index contributed by atoms with van der Waals surface area (Å²) in [6, 6.07) is 0. The van der Waals surface area contributed by atoms with Crippen molar-refractivity contribution in [3.8, 4) is 11.6 Å². The van der Waals surface area contributed by atoms with Crippen molar-refractivity contribution in [2.24, 2.45) is 0 Å². The van der Waals surface area contributed by atoms with Gasteiger partial charge in [0.2, 0.25) is 17.7 Å². The maximum atomic E-state index is 4.41. The van der Waals surface area contributed by atoms with E-state index in [4.69, 9.17) is 0 Å². The molecule has 1 N–H and O–H groups in total. The Bertz CT molecular complexity index is 532. The lowest BCUT2D eigenvalue weighted by atomic mass is 10.5. The van der Waals surface area contributed by atoms with Crippen LogP contribution in [-0.4, -0.2) is 45.6 Å². The van der Waals surface area contributed by atoms with E-state index in [-0.39, 0.29) is 0 Å². The smallest absolute Gasteiger partial charge is 0.230 e. The van der Waals surface area contributed by atoms with Crippen LogP contribution < -0.4 is 10.2 Å². The summed E-state index contributed by atoms with van der Waals surface area (Å²) in [5, 5.41) is 2.94. The Morgan fingerprint density at radius 1 is 1.28 bits per heavy atom. The van der Waals surface area contributed by atoms with E-state index in [2.05, 4.69) is 32.2 Å². The summed E-state index contributed by atoms with van der Waals surface area (Å²) in [4.78, 5) is 19.2. The standard InChI is InChI=1S/C11H17N7/c1-5-18-7-6-13-9(18)8-14-10(12-2)16-11(15-8)17(3)4/h6-7H,5H2,1-4H3,(H,12,14,15,16). The van der Waals surface area contributed by atoms with Crippen molar-refractivity contribution >= 4 is 11.9 Å². The average Bonchev–Trinajstić information content (AvgIpc) is 2.86. The zero-order valence-electron chi connectivity index (χ0n) is 11.0. The van der Waals surface area contributed by atoms with Crippen molar-refractivity contribution in [1.29, 1.82) is 0 Å². The van der Waals surface area contributed by atoms with Crippen LogP contribution in [0.1, 0.15) is 6.92 Å². The normalized spacial score (nSPS) is 10.4. The van der Waals surface area contributed by atoms with Crippen LogP contribution in [0.3, 0.4) is 0 Å². The van der Waals surface area contributed by atoms with Crippen molar-refractivity contribution < 1.29 is 0 Å². The molecule has 0 aliphatic carbocycles. The molecule has 0 aliphatic heterocycles. The van der Waals surface area contributed by atoms with Gasteiger partial charge in [0.15, 0.2) is 5.82 Å². The summed E-state index contributed by atoms with van der Waals surface area (Å²) in [5.74, 6) is 2.47. The third-order valence-electron chi connectivity index (χ3n) is 2.50. The average molecular weight is 247 g/mol. The molecule has 18 heavy (non-hydrogen) atoms. The molecule has 0 radical (unpaired) electrons. The molecule has 2 aromatic heterocycles. The zero-order chi connectivity index (χ0) is 13.1. The van der Waals surface area contributed by atoms with E-state index in [1.807, 2.05) is 29.8 Å². The summed E-state index contributed by atoms with van der Waals surface area (Å²) < 4.78 is 1.99. The molecular formula is C11H17N7. The van der Waals surface area contributed by atoms with E-state index in [1.165, 1.54) is 0 Å². The number of anilines is 2. The number of imidazole rings is 1. The topological polar surface area (TPSA) is 71.8 Å². The van der Waals surface area contributed by atoms with Gasteiger partial charge in [-0.15, -0.1) is 0 Å². The van der Waals surface area contributed by atoms with Crippen LogP contribution in [0.25, 0.3) is 11.6 Å². The Balaban J connectivity index is 2.53. The number of hydrogen-bond donors (Lipinski definition) is 1. The highest BCUT2D eigenvalue weighted by molar-refractivity contribution is 5.50. The van der Waals surface area contributed by atoms with Crippen LogP contribution in [0.15, 0.2) is 12.4 Å². The van der Waals surface area contributed by atoms with Gasteiger partial charge < -0.3 is 14.8 Å². The lowest BCUT2D eigenvalue weighted by Crippen LogP contribution is -2.15. The van der Waals surface area contributed by atoms with Crippen molar-refractivity contribution in [1.82, 2.24) is 24.5 Å². The molecule has 2 heterocycles. The minimum Gasteiger partial charge on any atom is -0.357 e. The highest BCUT2D eigenvalue weighted by atomic mass is 15.3. The maximum absolute atomic E-state index is 4.41. The fraction of sp³-hybridized carbons (Fsp3) is 0.455. The number of aromatic nitrogens is 5. The van der Waals surface area contributed by atoms with E-state index in [0.29, 0.717) is 17.7 Å². The molecule has 0 fully saturated rings. The lowest BCUT2D eigenvalue weighted by molar-refractivity contribution is 0.762. The summed E-state index contributed by atoms with van der Waals surface area (Å²) in [6.45, 7) is 2.88. The van der Waals surface area contributed by atoms with Crippen LogP contribution in [0.5, 0.6) is 0 Å². The molecule has 0 bridgehead atoms. The van der Waals surface area contributed by atoms with Crippen molar-refractivity contribution in [2.45, 2.75) is 13.5 Å². The first-order valence-electron chi connectivity index (χ1n) is 5.78. The Labute approximate surface area is 106 Å². The Morgan fingerprint density at radius 3 is 2.67 bits per heavy atom. The number of nitrogens with one attached hydrogen (secondary N) is 1. The van der Waals surface area contributed by atoms with E-state index in [9.17, 15) is 0 Å². The van der Waals surface area contributed by atoms with Gasteiger partial charge in [0.1, 0.15) is 0 Å². The van der Waals surface area contributed by atoms with Gasteiger partial charge in [0, 0.05) is 40.1 Å². The number of hydrogen-bond acceptors (Lipinski definition) is 6.